The van der Waals surface area contributed by atoms with E-state index in [1.54, 1.807) is 0 Å². The smallest absolute Gasteiger partial charge is 0.341 e. The first kappa shape index (κ1) is 19.6. The second-order valence-corrected chi connectivity index (χ2v) is 10.9. The Kier molecular flexibility index (Phi) is 4.31. The summed E-state index contributed by atoms with van der Waals surface area (Å²) in [6.45, 7) is 1.52. The van der Waals surface area contributed by atoms with Gasteiger partial charge in [-0.15, -0.1) is 0 Å². The van der Waals surface area contributed by atoms with Crippen LogP contribution in [0.4, 0.5) is 0 Å². The Morgan fingerprint density at radius 3 is 2.47 bits per heavy atom. The van der Waals surface area contributed by atoms with E-state index in [0.717, 1.165) is 32.1 Å². The molecule has 1 aliphatic heterocycles. The predicted octanol–water partition coefficient (Wildman–Crippen LogP) is 3.98. The molecule has 9 heteroatoms. The first-order valence-corrected chi connectivity index (χ1v) is 11.9. The Labute approximate surface area is 178 Å². The molecule has 2 fully saturated rings. The average Bonchev–Trinajstić information content (AvgIpc) is 3.47. The molecule has 0 saturated heterocycles. The van der Waals surface area contributed by atoms with Crippen LogP contribution in [0, 0.1) is 0 Å². The molecule has 7 nitrogen and oxygen atoms in total. The number of carboxylic acids is 1. The highest BCUT2D eigenvalue weighted by Crippen LogP contribution is 2.50. The van der Waals surface area contributed by atoms with Crippen molar-refractivity contribution in [2.24, 2.45) is 0 Å². The Morgan fingerprint density at radius 2 is 1.90 bits per heavy atom. The van der Waals surface area contributed by atoms with E-state index in [1.807, 2.05) is 0 Å². The van der Waals surface area contributed by atoms with Gasteiger partial charge in [0.15, 0.2) is 9.84 Å². The van der Waals surface area contributed by atoms with Crippen molar-refractivity contribution in [2.75, 3.05) is 0 Å². The van der Waals surface area contributed by atoms with Gasteiger partial charge in [-0.1, -0.05) is 11.6 Å². The highest BCUT2D eigenvalue weighted by Gasteiger charge is 2.41. The number of aromatic nitrogens is 1. The van der Waals surface area contributed by atoms with E-state index in [-0.39, 0.29) is 22.1 Å². The topological polar surface area (TPSA) is 103 Å². The average molecular weight is 450 g/mol. The van der Waals surface area contributed by atoms with Gasteiger partial charge < -0.3 is 14.4 Å². The Balaban J connectivity index is 1.81. The molecule has 2 aliphatic carbocycles. The van der Waals surface area contributed by atoms with Gasteiger partial charge in [-0.3, -0.25) is 4.79 Å². The molecule has 0 amide bonds. The first-order chi connectivity index (χ1) is 14.2. The van der Waals surface area contributed by atoms with Crippen molar-refractivity contribution < 1.29 is 23.1 Å². The van der Waals surface area contributed by atoms with Gasteiger partial charge in [-0.05, 0) is 56.7 Å². The van der Waals surface area contributed by atoms with E-state index in [1.165, 1.54) is 29.7 Å². The largest absolute Gasteiger partial charge is 0.489 e. The molecular formula is C21H20ClNO6S. The minimum absolute atomic E-state index is 0.0272. The van der Waals surface area contributed by atoms with Gasteiger partial charge in [-0.2, -0.15) is 0 Å². The van der Waals surface area contributed by atoms with Crippen molar-refractivity contribution in [3.63, 3.8) is 0 Å². The number of pyridine rings is 1. The van der Waals surface area contributed by atoms with Crippen molar-refractivity contribution in [3.8, 4) is 17.0 Å². The first-order valence-electron chi connectivity index (χ1n) is 9.97. The summed E-state index contributed by atoms with van der Waals surface area (Å²) in [6, 6.07) is 4.05. The lowest BCUT2D eigenvalue weighted by atomic mass is 9.96. The molecule has 5 rings (SSSR count). The minimum atomic E-state index is -3.82. The molecule has 1 N–H and O–H groups in total. The molecule has 1 aromatic carbocycles. The van der Waals surface area contributed by atoms with Crippen molar-refractivity contribution in [1.29, 1.82) is 0 Å². The third kappa shape index (κ3) is 2.80. The van der Waals surface area contributed by atoms with E-state index in [0.29, 0.717) is 22.6 Å². The predicted molar refractivity (Wildman–Crippen MR) is 110 cm³/mol. The molecule has 2 aromatic rings. The number of hydrogen-bond acceptors (Lipinski definition) is 5. The van der Waals surface area contributed by atoms with Crippen LogP contribution in [0.5, 0.6) is 5.75 Å². The summed E-state index contributed by atoms with van der Waals surface area (Å²) in [5.41, 5.74) is 0.0568. The van der Waals surface area contributed by atoms with Gasteiger partial charge >= 0.3 is 5.97 Å². The Morgan fingerprint density at radius 1 is 1.20 bits per heavy atom. The summed E-state index contributed by atoms with van der Waals surface area (Å²) in [5.74, 6) is -1.04. The maximum Gasteiger partial charge on any atom is 0.341 e. The third-order valence-electron chi connectivity index (χ3n) is 6.25. The lowest BCUT2D eigenvalue weighted by Crippen LogP contribution is -2.32. The zero-order chi connectivity index (χ0) is 21.4. The second kappa shape index (κ2) is 6.59. The van der Waals surface area contributed by atoms with E-state index < -0.39 is 32.2 Å². The van der Waals surface area contributed by atoms with Crippen LogP contribution >= 0.6 is 11.6 Å². The zero-order valence-corrected chi connectivity index (χ0v) is 17.8. The fourth-order valence-electron chi connectivity index (χ4n) is 4.16. The quantitative estimate of drug-likeness (QED) is 0.757. The summed E-state index contributed by atoms with van der Waals surface area (Å²) in [5, 5.41) is 8.77. The zero-order valence-electron chi connectivity index (χ0n) is 16.2. The fraction of sp³-hybridized carbons (Fsp3) is 0.429. The number of benzene rings is 1. The standard InChI is InChI=1S/C21H20ClNO6S/c1-10-13-7-15(21(25)26)20(24)23(11-5-6-11)19(13)14-8-16(22)17(29-12-3-2-4-12)9-18(14)30(10,27)28/h7-12H,2-6H2,1H3,(H,25,26). The number of carbonyl (C=O) groups is 1. The van der Waals surface area contributed by atoms with Crippen molar-refractivity contribution in [2.45, 2.75) is 61.3 Å². The summed E-state index contributed by atoms with van der Waals surface area (Å²) in [7, 11) is -3.82. The van der Waals surface area contributed by atoms with Gasteiger partial charge in [0.05, 0.1) is 27.0 Å². The Hall–Kier alpha value is -2.32. The molecule has 0 spiro atoms. The Bertz CT molecular complexity index is 1260. The summed E-state index contributed by atoms with van der Waals surface area (Å²) < 4.78 is 34.0. The maximum absolute atomic E-state index is 13.3. The van der Waals surface area contributed by atoms with Crippen LogP contribution in [0.15, 0.2) is 27.9 Å². The summed E-state index contributed by atoms with van der Waals surface area (Å²) in [6.07, 6.45) is 4.37. The molecule has 1 atom stereocenters. The van der Waals surface area contributed by atoms with Crippen LogP contribution in [-0.2, 0) is 9.84 Å². The summed E-state index contributed by atoms with van der Waals surface area (Å²) in [4.78, 5) is 24.7. The number of hydrogen-bond donors (Lipinski definition) is 1. The van der Waals surface area contributed by atoms with E-state index >= 15 is 0 Å². The molecule has 3 aliphatic rings. The number of fused-ring (bicyclic) bond motifs is 3. The van der Waals surface area contributed by atoms with Crippen molar-refractivity contribution in [3.05, 3.63) is 44.7 Å². The number of rotatable bonds is 4. The molecule has 30 heavy (non-hydrogen) atoms. The van der Waals surface area contributed by atoms with E-state index in [4.69, 9.17) is 16.3 Å². The number of ether oxygens (including phenoxy) is 1. The third-order valence-corrected chi connectivity index (χ3v) is 8.68. The van der Waals surface area contributed by atoms with Crippen LogP contribution in [0.1, 0.15) is 66.2 Å². The van der Waals surface area contributed by atoms with E-state index in [9.17, 15) is 23.1 Å². The highest BCUT2D eigenvalue weighted by atomic mass is 35.5. The normalized spacial score (nSPS) is 22.0. The number of aromatic carboxylic acids is 1. The molecule has 2 saturated carbocycles. The second-order valence-electron chi connectivity index (χ2n) is 8.21. The van der Waals surface area contributed by atoms with Gasteiger partial charge in [-0.25, -0.2) is 13.2 Å². The van der Waals surface area contributed by atoms with Crippen LogP contribution in [-0.4, -0.2) is 30.2 Å². The summed E-state index contributed by atoms with van der Waals surface area (Å²) >= 11 is 6.45. The van der Waals surface area contributed by atoms with Crippen LogP contribution in [0.2, 0.25) is 5.02 Å². The fourth-order valence-corrected chi connectivity index (χ4v) is 5.99. The molecule has 1 unspecified atom stereocenters. The number of sulfone groups is 1. The van der Waals surface area contributed by atoms with Gasteiger partial charge in [0.1, 0.15) is 11.3 Å². The molecule has 1 aromatic heterocycles. The maximum atomic E-state index is 13.3. The van der Waals surface area contributed by atoms with Crippen LogP contribution in [0.25, 0.3) is 11.3 Å². The van der Waals surface area contributed by atoms with Gasteiger partial charge in [0.25, 0.3) is 5.56 Å². The van der Waals surface area contributed by atoms with E-state index in [2.05, 4.69) is 0 Å². The monoisotopic (exact) mass is 449 g/mol. The van der Waals surface area contributed by atoms with Crippen molar-refractivity contribution in [1.82, 2.24) is 4.57 Å². The lowest BCUT2D eigenvalue weighted by molar-refractivity contribution is 0.0694. The molecular weight excluding hydrogens is 430 g/mol. The SMILES string of the molecule is CC1c2cc(C(=O)O)c(=O)n(C3CC3)c2-c2cc(Cl)c(OC3CCC3)cc2S1(=O)=O. The lowest BCUT2D eigenvalue weighted by Gasteiger charge is -2.31. The van der Waals surface area contributed by atoms with Crippen LogP contribution in [0.3, 0.4) is 0 Å². The highest BCUT2D eigenvalue weighted by molar-refractivity contribution is 7.92. The molecule has 158 valence electrons. The number of carboxylic acid groups (broad SMARTS) is 1. The molecule has 2 heterocycles. The van der Waals surface area contributed by atoms with Crippen LogP contribution < -0.4 is 10.3 Å². The minimum Gasteiger partial charge on any atom is -0.489 e. The van der Waals surface area contributed by atoms with Gasteiger partial charge in [0.2, 0.25) is 0 Å². The number of halogens is 1. The van der Waals surface area contributed by atoms with Gasteiger partial charge in [0, 0.05) is 17.7 Å². The van der Waals surface area contributed by atoms with Crippen molar-refractivity contribution >= 4 is 27.4 Å². The molecule has 0 radical (unpaired) electrons. The molecule has 0 bridgehead atoms. The number of nitrogens with zero attached hydrogens (tertiary/aromatic N) is 1.